The van der Waals surface area contributed by atoms with Gasteiger partial charge in [-0.1, -0.05) is 0 Å². The quantitative estimate of drug-likeness (QED) is 0.447. The Kier molecular flexibility index (Phi) is 16.8. The largest absolute Gasteiger partial charge is 0.394 e. The summed E-state index contributed by atoms with van der Waals surface area (Å²) in [6.07, 6.45) is -0.0648. The molecule has 0 atom stereocenters. The average molecular weight is 196 g/mol. The number of rotatable bonds is 6. The maximum absolute atomic E-state index is 8.09. The molecular weight excluding hydrogens is 176 g/mol. The summed E-state index contributed by atoms with van der Waals surface area (Å²) in [5.41, 5.74) is 0. The topological polar surface area (TPSA) is 68.2 Å². The molecule has 0 aliphatic rings. The van der Waals surface area contributed by atoms with E-state index >= 15 is 0 Å². The van der Waals surface area contributed by atoms with Crippen LogP contribution >= 0.6 is 0 Å². The molecule has 0 rings (SSSR count). The van der Waals surface area contributed by atoms with Crippen molar-refractivity contribution >= 4 is 0 Å². The zero-order chi connectivity index (χ0) is 10.5. The fourth-order valence-electron chi connectivity index (χ4n) is 0.327. The lowest BCUT2D eigenvalue weighted by Crippen LogP contribution is -2.05. The highest BCUT2D eigenvalue weighted by Crippen LogP contribution is 1.82. The first-order valence-electron chi connectivity index (χ1n) is 4.08. The van der Waals surface area contributed by atoms with E-state index in [1.165, 1.54) is 0 Å². The van der Waals surface area contributed by atoms with Gasteiger partial charge in [-0.15, -0.1) is 0 Å². The number of hydrogen-bond acceptors (Lipinski definition) is 5. The summed E-state index contributed by atoms with van der Waals surface area (Å²) < 4.78 is 14.0. The van der Waals surface area contributed by atoms with E-state index in [1.54, 1.807) is 14.2 Å². The van der Waals surface area contributed by atoms with Crippen LogP contribution in [0.15, 0.2) is 0 Å². The molecule has 0 spiro atoms. The van der Waals surface area contributed by atoms with Crippen molar-refractivity contribution in [3.8, 4) is 0 Å². The van der Waals surface area contributed by atoms with Gasteiger partial charge in [0.25, 0.3) is 0 Å². The molecule has 0 saturated carbocycles. The van der Waals surface area contributed by atoms with Gasteiger partial charge in [0.05, 0.1) is 26.4 Å². The summed E-state index contributed by atoms with van der Waals surface area (Å²) in [6.45, 7) is 2.53. The van der Waals surface area contributed by atoms with Gasteiger partial charge in [0, 0.05) is 14.2 Å². The minimum atomic E-state index is -0.0648. The lowest BCUT2D eigenvalue weighted by molar-refractivity contribution is -0.0877. The smallest absolute Gasteiger partial charge is 0.154 e. The van der Waals surface area contributed by atoms with E-state index in [4.69, 9.17) is 10.2 Å². The van der Waals surface area contributed by atoms with Gasteiger partial charge in [0.15, 0.2) is 6.29 Å². The molecule has 0 fully saturated rings. The van der Waals surface area contributed by atoms with Crippen LogP contribution in [0.2, 0.25) is 0 Å². The van der Waals surface area contributed by atoms with Crippen molar-refractivity contribution in [1.82, 2.24) is 0 Å². The van der Waals surface area contributed by atoms with Gasteiger partial charge in [-0.2, -0.15) is 0 Å². The Morgan fingerprint density at radius 1 is 1.00 bits per heavy atom. The molecule has 0 aromatic heterocycles. The number of aliphatic hydroxyl groups excluding tert-OH is 2. The van der Waals surface area contributed by atoms with Crippen LogP contribution in [-0.2, 0) is 14.2 Å². The molecular formula is C8H20O5. The fraction of sp³-hybridized carbons (Fsp3) is 1.00. The Morgan fingerprint density at radius 3 is 1.54 bits per heavy atom. The third-order valence-corrected chi connectivity index (χ3v) is 1.14. The molecule has 0 heterocycles. The standard InChI is InChI=1S/C4H10O3.C4H10O2/c5-1-3-7-4-2-6;1-4(5-2)6-3/h5-6H,1-4H2;4H,1-3H3. The Labute approximate surface area is 79.2 Å². The molecule has 2 N–H and O–H groups in total. The van der Waals surface area contributed by atoms with Crippen LogP contribution in [-0.4, -0.2) is 57.2 Å². The van der Waals surface area contributed by atoms with E-state index in [9.17, 15) is 0 Å². The van der Waals surface area contributed by atoms with Crippen molar-refractivity contribution in [3.05, 3.63) is 0 Å². The normalized spacial score (nSPS) is 9.69. The predicted octanol–water partition coefficient (Wildman–Crippen LogP) is -0.387. The second kappa shape index (κ2) is 14.3. The molecule has 5 heteroatoms. The average Bonchev–Trinajstić information content (AvgIpc) is 2.18. The van der Waals surface area contributed by atoms with Crippen molar-refractivity contribution in [3.63, 3.8) is 0 Å². The molecule has 5 nitrogen and oxygen atoms in total. The Morgan fingerprint density at radius 2 is 1.38 bits per heavy atom. The summed E-state index contributed by atoms with van der Waals surface area (Å²) >= 11 is 0. The van der Waals surface area contributed by atoms with Crippen LogP contribution in [0, 0.1) is 0 Å². The lowest BCUT2D eigenvalue weighted by Gasteiger charge is -2.03. The van der Waals surface area contributed by atoms with Crippen LogP contribution < -0.4 is 0 Å². The predicted molar refractivity (Wildman–Crippen MR) is 48.5 cm³/mol. The summed E-state index contributed by atoms with van der Waals surface area (Å²) in [5, 5.41) is 16.2. The highest BCUT2D eigenvalue weighted by atomic mass is 16.7. The number of ether oxygens (including phenoxy) is 3. The molecule has 82 valence electrons. The van der Waals surface area contributed by atoms with Crippen LogP contribution in [0.5, 0.6) is 0 Å². The molecule has 0 aromatic rings. The van der Waals surface area contributed by atoms with E-state index in [2.05, 4.69) is 14.2 Å². The first kappa shape index (κ1) is 15.3. The van der Waals surface area contributed by atoms with Crippen LogP contribution in [0.4, 0.5) is 0 Å². The monoisotopic (exact) mass is 196 g/mol. The van der Waals surface area contributed by atoms with Gasteiger partial charge in [-0.25, -0.2) is 0 Å². The van der Waals surface area contributed by atoms with Crippen molar-refractivity contribution < 1.29 is 24.4 Å². The van der Waals surface area contributed by atoms with Crippen molar-refractivity contribution in [2.75, 3.05) is 40.6 Å². The van der Waals surface area contributed by atoms with Crippen LogP contribution in [0.1, 0.15) is 6.92 Å². The first-order chi connectivity index (χ1) is 6.22. The summed E-state index contributed by atoms with van der Waals surface area (Å²) in [4.78, 5) is 0. The first-order valence-corrected chi connectivity index (χ1v) is 4.08. The van der Waals surface area contributed by atoms with Crippen LogP contribution in [0.3, 0.4) is 0 Å². The Hall–Kier alpha value is -0.200. The van der Waals surface area contributed by atoms with Crippen molar-refractivity contribution in [2.24, 2.45) is 0 Å². The van der Waals surface area contributed by atoms with Gasteiger partial charge in [0.2, 0.25) is 0 Å². The van der Waals surface area contributed by atoms with E-state index < -0.39 is 0 Å². The second-order valence-electron chi connectivity index (χ2n) is 2.10. The van der Waals surface area contributed by atoms with E-state index in [-0.39, 0.29) is 19.5 Å². The number of methoxy groups -OCH3 is 2. The third kappa shape index (κ3) is 18.6. The van der Waals surface area contributed by atoms with E-state index in [1.807, 2.05) is 6.92 Å². The zero-order valence-electron chi connectivity index (χ0n) is 8.52. The number of hydrogen-bond donors (Lipinski definition) is 2. The lowest BCUT2D eigenvalue weighted by atomic mass is 10.7. The number of aliphatic hydroxyl groups is 2. The maximum Gasteiger partial charge on any atom is 0.154 e. The van der Waals surface area contributed by atoms with Gasteiger partial charge in [-0.3, -0.25) is 0 Å². The van der Waals surface area contributed by atoms with E-state index in [0.29, 0.717) is 13.2 Å². The third-order valence-electron chi connectivity index (χ3n) is 1.14. The minimum Gasteiger partial charge on any atom is -0.394 e. The molecule has 13 heavy (non-hydrogen) atoms. The SMILES string of the molecule is COC(C)OC.OCCOCCO. The van der Waals surface area contributed by atoms with Crippen molar-refractivity contribution in [2.45, 2.75) is 13.2 Å². The second-order valence-corrected chi connectivity index (χ2v) is 2.10. The Bertz CT molecular complexity index is 70.9. The minimum absolute atomic E-state index is 0.0278. The maximum atomic E-state index is 8.09. The molecule has 0 aliphatic heterocycles. The van der Waals surface area contributed by atoms with Crippen molar-refractivity contribution in [1.29, 1.82) is 0 Å². The van der Waals surface area contributed by atoms with Gasteiger partial charge in [0.1, 0.15) is 0 Å². The van der Waals surface area contributed by atoms with E-state index in [0.717, 1.165) is 0 Å². The summed E-state index contributed by atoms with van der Waals surface area (Å²) in [5.74, 6) is 0. The summed E-state index contributed by atoms with van der Waals surface area (Å²) in [7, 11) is 3.21. The molecule has 0 radical (unpaired) electrons. The summed E-state index contributed by atoms with van der Waals surface area (Å²) in [6, 6.07) is 0. The molecule has 0 aromatic carbocycles. The fourth-order valence-corrected chi connectivity index (χ4v) is 0.327. The molecule has 0 aliphatic carbocycles. The highest BCUT2D eigenvalue weighted by molar-refractivity contribution is 4.24. The zero-order valence-corrected chi connectivity index (χ0v) is 8.52. The highest BCUT2D eigenvalue weighted by Gasteiger charge is 1.87. The van der Waals surface area contributed by atoms with Gasteiger partial charge >= 0.3 is 0 Å². The van der Waals surface area contributed by atoms with Gasteiger partial charge in [-0.05, 0) is 6.92 Å². The molecule has 0 saturated heterocycles. The molecule has 0 unspecified atom stereocenters. The van der Waals surface area contributed by atoms with Gasteiger partial charge < -0.3 is 24.4 Å². The molecule has 0 bridgehead atoms. The van der Waals surface area contributed by atoms with Crippen LogP contribution in [0.25, 0.3) is 0 Å². The Balaban J connectivity index is 0. The molecule has 0 amide bonds.